The van der Waals surface area contributed by atoms with E-state index in [1.165, 1.54) is 36.4 Å². The van der Waals surface area contributed by atoms with Gasteiger partial charge in [-0.1, -0.05) is 6.07 Å². The van der Waals surface area contributed by atoms with E-state index >= 15 is 0 Å². The molecule has 1 heterocycles. The van der Waals surface area contributed by atoms with Crippen molar-refractivity contribution in [3.63, 3.8) is 0 Å². The van der Waals surface area contributed by atoms with Gasteiger partial charge in [-0.15, -0.1) is 0 Å². The van der Waals surface area contributed by atoms with Crippen molar-refractivity contribution in [3.8, 4) is 0 Å². The summed E-state index contributed by atoms with van der Waals surface area (Å²) in [6.45, 7) is 4.14. The highest BCUT2D eigenvalue weighted by Gasteiger charge is 2.20. The second-order valence-corrected chi connectivity index (χ2v) is 6.81. The van der Waals surface area contributed by atoms with E-state index in [2.05, 4.69) is 48.6 Å². The molecule has 0 amide bonds. The van der Waals surface area contributed by atoms with Crippen LogP contribution < -0.4 is 5.32 Å². The Hall–Kier alpha value is -0.580. The molecule has 4 heteroatoms. The van der Waals surface area contributed by atoms with Crippen molar-refractivity contribution < 1.29 is 0 Å². The third-order valence-corrected chi connectivity index (χ3v) is 4.56. The maximum atomic E-state index is 4.77. The van der Waals surface area contributed by atoms with Crippen molar-refractivity contribution in [1.82, 2.24) is 15.2 Å². The second-order valence-electron chi connectivity index (χ2n) is 5.82. The van der Waals surface area contributed by atoms with Crippen LogP contribution in [0.25, 0.3) is 0 Å². The molecular formula is C16H27N3S. The Kier molecular flexibility index (Phi) is 6.33. The van der Waals surface area contributed by atoms with E-state index in [0.717, 1.165) is 19.1 Å². The molecule has 3 nitrogen and oxygen atoms in total. The standard InChI is InChI=1S/C16H27N3S/c1-13(9-10-20-3)19(2)12-16-6-4-5-15(18-16)11-17-14-7-8-14/h4-6,13-14,17H,7-12H2,1-3H3. The molecule has 1 saturated carbocycles. The molecule has 1 unspecified atom stereocenters. The highest BCUT2D eigenvalue weighted by Crippen LogP contribution is 2.19. The predicted molar refractivity (Wildman–Crippen MR) is 88.0 cm³/mol. The Bertz CT molecular complexity index is 406. The average Bonchev–Trinajstić information content (AvgIpc) is 3.27. The highest BCUT2D eigenvalue weighted by molar-refractivity contribution is 7.98. The number of nitrogens with one attached hydrogen (secondary N) is 1. The van der Waals surface area contributed by atoms with Crippen LogP contribution in [0.4, 0.5) is 0 Å². The molecule has 0 saturated heterocycles. The van der Waals surface area contributed by atoms with Gasteiger partial charge in [-0.3, -0.25) is 9.88 Å². The molecule has 0 bridgehead atoms. The molecule has 1 fully saturated rings. The number of rotatable bonds is 9. The van der Waals surface area contributed by atoms with E-state index in [1.54, 1.807) is 0 Å². The Morgan fingerprint density at radius 3 is 2.85 bits per heavy atom. The van der Waals surface area contributed by atoms with Crippen molar-refractivity contribution in [2.24, 2.45) is 0 Å². The normalized spacial score (nSPS) is 16.6. The van der Waals surface area contributed by atoms with E-state index in [4.69, 9.17) is 4.98 Å². The van der Waals surface area contributed by atoms with Crippen LogP contribution >= 0.6 is 11.8 Å². The van der Waals surface area contributed by atoms with Gasteiger partial charge in [0.1, 0.15) is 0 Å². The summed E-state index contributed by atoms with van der Waals surface area (Å²) in [6.07, 6.45) is 6.07. The van der Waals surface area contributed by atoms with Gasteiger partial charge in [0.2, 0.25) is 0 Å². The molecule has 0 aliphatic heterocycles. The minimum Gasteiger partial charge on any atom is -0.308 e. The summed E-state index contributed by atoms with van der Waals surface area (Å²) >= 11 is 1.92. The van der Waals surface area contributed by atoms with Crippen LogP contribution in [0.2, 0.25) is 0 Å². The van der Waals surface area contributed by atoms with E-state index in [-0.39, 0.29) is 0 Å². The van der Waals surface area contributed by atoms with Gasteiger partial charge in [0.25, 0.3) is 0 Å². The maximum Gasteiger partial charge on any atom is 0.0547 e. The number of hydrogen-bond acceptors (Lipinski definition) is 4. The van der Waals surface area contributed by atoms with Gasteiger partial charge in [0, 0.05) is 25.2 Å². The van der Waals surface area contributed by atoms with E-state index in [0.29, 0.717) is 6.04 Å². The minimum atomic E-state index is 0.609. The molecule has 1 atom stereocenters. The molecule has 1 aliphatic rings. The first-order chi connectivity index (χ1) is 9.69. The molecule has 1 N–H and O–H groups in total. The first-order valence-corrected chi connectivity index (χ1v) is 8.96. The van der Waals surface area contributed by atoms with Crippen molar-refractivity contribution >= 4 is 11.8 Å². The predicted octanol–water partition coefficient (Wildman–Crippen LogP) is 2.91. The van der Waals surface area contributed by atoms with Gasteiger partial charge in [0.05, 0.1) is 11.4 Å². The number of aromatic nitrogens is 1. The second kappa shape index (κ2) is 8.01. The molecule has 2 rings (SSSR count). The summed E-state index contributed by atoms with van der Waals surface area (Å²) in [5.41, 5.74) is 2.35. The fourth-order valence-electron chi connectivity index (χ4n) is 2.17. The van der Waals surface area contributed by atoms with Crippen LogP contribution in [0.1, 0.15) is 37.6 Å². The lowest BCUT2D eigenvalue weighted by molar-refractivity contribution is 0.242. The Balaban J connectivity index is 1.82. The molecule has 1 aromatic heterocycles. The molecule has 0 spiro atoms. The Morgan fingerprint density at radius 2 is 2.15 bits per heavy atom. The summed E-state index contributed by atoms with van der Waals surface area (Å²) in [6, 6.07) is 7.74. The van der Waals surface area contributed by atoms with Gasteiger partial charge in [-0.05, 0) is 57.4 Å². The van der Waals surface area contributed by atoms with Crippen LogP contribution in [0, 0.1) is 0 Å². The first-order valence-electron chi connectivity index (χ1n) is 7.56. The fraction of sp³-hybridized carbons (Fsp3) is 0.688. The van der Waals surface area contributed by atoms with E-state index in [9.17, 15) is 0 Å². The smallest absolute Gasteiger partial charge is 0.0547 e. The van der Waals surface area contributed by atoms with Crippen molar-refractivity contribution in [3.05, 3.63) is 29.6 Å². The monoisotopic (exact) mass is 293 g/mol. The number of hydrogen-bond donors (Lipinski definition) is 1. The van der Waals surface area contributed by atoms with Gasteiger partial charge in [0.15, 0.2) is 0 Å². The molecular weight excluding hydrogens is 266 g/mol. The molecule has 112 valence electrons. The lowest BCUT2D eigenvalue weighted by atomic mass is 10.2. The van der Waals surface area contributed by atoms with Gasteiger partial charge >= 0.3 is 0 Å². The van der Waals surface area contributed by atoms with Gasteiger partial charge < -0.3 is 5.32 Å². The molecule has 20 heavy (non-hydrogen) atoms. The van der Waals surface area contributed by atoms with E-state index < -0.39 is 0 Å². The minimum absolute atomic E-state index is 0.609. The third-order valence-electron chi connectivity index (χ3n) is 3.92. The SMILES string of the molecule is CSCCC(C)N(C)Cc1cccc(CNC2CC2)n1. The maximum absolute atomic E-state index is 4.77. The van der Waals surface area contributed by atoms with Crippen molar-refractivity contribution in [2.75, 3.05) is 19.1 Å². The Morgan fingerprint density at radius 1 is 1.40 bits per heavy atom. The van der Waals surface area contributed by atoms with Crippen molar-refractivity contribution in [1.29, 1.82) is 0 Å². The van der Waals surface area contributed by atoms with Crippen molar-refractivity contribution in [2.45, 2.75) is 51.4 Å². The third kappa shape index (κ3) is 5.43. The highest BCUT2D eigenvalue weighted by atomic mass is 32.2. The zero-order valence-corrected chi connectivity index (χ0v) is 13.7. The first kappa shape index (κ1) is 15.8. The summed E-state index contributed by atoms with van der Waals surface area (Å²) in [5, 5.41) is 3.53. The topological polar surface area (TPSA) is 28.2 Å². The number of pyridine rings is 1. The van der Waals surface area contributed by atoms with E-state index in [1.807, 2.05) is 11.8 Å². The summed E-state index contributed by atoms with van der Waals surface area (Å²) < 4.78 is 0. The number of thioether (sulfide) groups is 1. The summed E-state index contributed by atoms with van der Waals surface area (Å²) in [5.74, 6) is 1.23. The molecule has 0 radical (unpaired) electrons. The summed E-state index contributed by atoms with van der Waals surface area (Å²) in [7, 11) is 2.20. The summed E-state index contributed by atoms with van der Waals surface area (Å²) in [4.78, 5) is 7.17. The number of nitrogens with zero attached hydrogens (tertiary/aromatic N) is 2. The fourth-order valence-corrected chi connectivity index (χ4v) is 2.75. The zero-order valence-electron chi connectivity index (χ0n) is 12.9. The van der Waals surface area contributed by atoms with Crippen LogP contribution in [0.5, 0.6) is 0 Å². The lowest BCUT2D eigenvalue weighted by Gasteiger charge is -2.24. The molecule has 1 aromatic rings. The molecule has 0 aromatic carbocycles. The Labute approximate surface area is 127 Å². The van der Waals surface area contributed by atoms with Gasteiger partial charge in [-0.2, -0.15) is 11.8 Å². The van der Waals surface area contributed by atoms with Gasteiger partial charge in [-0.25, -0.2) is 0 Å². The molecule has 1 aliphatic carbocycles. The van der Waals surface area contributed by atoms with Crippen LogP contribution in [-0.4, -0.2) is 41.0 Å². The average molecular weight is 293 g/mol. The van der Waals surface area contributed by atoms with Crippen LogP contribution in [0.15, 0.2) is 18.2 Å². The quantitative estimate of drug-likeness (QED) is 0.758. The van der Waals surface area contributed by atoms with Crippen LogP contribution in [0.3, 0.4) is 0 Å². The largest absolute Gasteiger partial charge is 0.308 e. The lowest BCUT2D eigenvalue weighted by Crippen LogP contribution is -2.29. The zero-order chi connectivity index (χ0) is 14.4. The van der Waals surface area contributed by atoms with Crippen LogP contribution in [-0.2, 0) is 13.1 Å².